The molecule has 4 heteroatoms. The third-order valence-corrected chi connectivity index (χ3v) is 4.55. The average Bonchev–Trinajstić information content (AvgIpc) is 2.50. The summed E-state index contributed by atoms with van der Waals surface area (Å²) in [6.45, 7) is 0. The highest BCUT2D eigenvalue weighted by molar-refractivity contribution is 9.10. The highest BCUT2D eigenvalue weighted by Crippen LogP contribution is 2.28. The first-order chi connectivity index (χ1) is 9.70. The molecule has 0 aliphatic heterocycles. The van der Waals surface area contributed by atoms with Gasteiger partial charge in [-0.2, -0.15) is 0 Å². The monoisotopic (exact) mass is 350 g/mol. The number of carbonyl (C=O) groups excluding carboxylic acids is 1. The lowest BCUT2D eigenvalue weighted by Gasteiger charge is -2.14. The minimum Gasteiger partial charge on any atom is -0.469 e. The number of thioether (sulfide) groups is 1. The SMILES string of the molecule is COC(=O)C(CSc1ccc(Br)cc1)c1ccccc1. The van der Waals surface area contributed by atoms with Crippen LogP contribution in [0.25, 0.3) is 0 Å². The Bertz CT molecular complexity index is 554. The quantitative estimate of drug-likeness (QED) is 0.586. The number of hydrogen-bond acceptors (Lipinski definition) is 3. The second-order valence-electron chi connectivity index (χ2n) is 4.25. The molecule has 0 bridgehead atoms. The standard InChI is InChI=1S/C16H15BrO2S/c1-19-16(18)15(12-5-3-2-4-6-12)11-20-14-9-7-13(17)8-10-14/h2-10,15H,11H2,1H3. The third kappa shape index (κ3) is 4.12. The largest absolute Gasteiger partial charge is 0.469 e. The molecule has 2 rings (SSSR count). The van der Waals surface area contributed by atoms with Crippen molar-refractivity contribution >= 4 is 33.7 Å². The fraction of sp³-hybridized carbons (Fsp3) is 0.188. The first-order valence-electron chi connectivity index (χ1n) is 6.22. The van der Waals surface area contributed by atoms with Crippen LogP contribution in [-0.4, -0.2) is 18.8 Å². The van der Waals surface area contributed by atoms with Gasteiger partial charge < -0.3 is 4.74 Å². The van der Waals surface area contributed by atoms with Gasteiger partial charge in [-0.05, 0) is 29.8 Å². The van der Waals surface area contributed by atoms with Gasteiger partial charge in [0, 0.05) is 15.1 Å². The van der Waals surface area contributed by atoms with Gasteiger partial charge in [0.25, 0.3) is 0 Å². The minimum atomic E-state index is -0.241. The van der Waals surface area contributed by atoms with Gasteiger partial charge >= 0.3 is 5.97 Å². The van der Waals surface area contributed by atoms with Gasteiger partial charge in [-0.15, -0.1) is 11.8 Å². The minimum absolute atomic E-state index is 0.194. The molecule has 0 aliphatic rings. The summed E-state index contributed by atoms with van der Waals surface area (Å²) >= 11 is 5.07. The van der Waals surface area contributed by atoms with Crippen molar-refractivity contribution in [2.24, 2.45) is 0 Å². The van der Waals surface area contributed by atoms with Gasteiger partial charge in [0.2, 0.25) is 0 Å². The summed E-state index contributed by atoms with van der Waals surface area (Å²) in [6.07, 6.45) is 0. The lowest BCUT2D eigenvalue weighted by molar-refractivity contribution is -0.141. The molecule has 0 fully saturated rings. The smallest absolute Gasteiger partial charge is 0.313 e. The molecule has 2 aromatic rings. The summed E-state index contributed by atoms with van der Waals surface area (Å²) in [5.41, 5.74) is 0.990. The molecule has 0 aliphatic carbocycles. The highest BCUT2D eigenvalue weighted by Gasteiger charge is 2.21. The number of esters is 1. The Morgan fingerprint density at radius 3 is 2.40 bits per heavy atom. The highest BCUT2D eigenvalue weighted by atomic mass is 79.9. The van der Waals surface area contributed by atoms with E-state index in [1.807, 2.05) is 54.6 Å². The molecule has 0 saturated carbocycles. The summed E-state index contributed by atoms with van der Waals surface area (Å²) in [6, 6.07) is 17.8. The van der Waals surface area contributed by atoms with E-state index in [0.29, 0.717) is 5.75 Å². The summed E-state index contributed by atoms with van der Waals surface area (Å²) in [5.74, 6) is 0.230. The van der Waals surface area contributed by atoms with Crippen molar-refractivity contribution < 1.29 is 9.53 Å². The Kier molecular flexibility index (Phi) is 5.68. The first-order valence-corrected chi connectivity index (χ1v) is 7.99. The Labute approximate surface area is 131 Å². The zero-order valence-electron chi connectivity index (χ0n) is 11.1. The Morgan fingerprint density at radius 1 is 1.15 bits per heavy atom. The second kappa shape index (κ2) is 7.50. The van der Waals surface area contributed by atoms with Crippen LogP contribution in [0.3, 0.4) is 0 Å². The maximum atomic E-state index is 11.9. The predicted molar refractivity (Wildman–Crippen MR) is 86.1 cm³/mol. The number of hydrogen-bond donors (Lipinski definition) is 0. The maximum absolute atomic E-state index is 11.9. The fourth-order valence-corrected chi connectivity index (χ4v) is 3.12. The van der Waals surface area contributed by atoms with Crippen LogP contribution in [0.15, 0.2) is 64.0 Å². The van der Waals surface area contributed by atoms with Gasteiger partial charge in [-0.3, -0.25) is 4.79 Å². The van der Waals surface area contributed by atoms with Crippen molar-refractivity contribution in [2.75, 3.05) is 12.9 Å². The summed E-state index contributed by atoms with van der Waals surface area (Å²) in [5, 5.41) is 0. The molecule has 1 unspecified atom stereocenters. The van der Waals surface area contributed by atoms with Crippen molar-refractivity contribution in [2.45, 2.75) is 10.8 Å². The van der Waals surface area contributed by atoms with Gasteiger partial charge in [-0.25, -0.2) is 0 Å². The number of halogens is 1. The number of ether oxygens (including phenoxy) is 1. The van der Waals surface area contributed by atoms with E-state index in [2.05, 4.69) is 15.9 Å². The lowest BCUT2D eigenvalue weighted by Crippen LogP contribution is -2.16. The molecule has 0 heterocycles. The number of methoxy groups -OCH3 is 1. The number of rotatable bonds is 5. The van der Waals surface area contributed by atoms with E-state index in [9.17, 15) is 4.79 Å². The van der Waals surface area contributed by atoms with Crippen molar-refractivity contribution in [3.8, 4) is 0 Å². The van der Waals surface area contributed by atoms with Gasteiger partial charge in [0.1, 0.15) is 0 Å². The molecule has 2 nitrogen and oxygen atoms in total. The molecule has 104 valence electrons. The van der Waals surface area contributed by atoms with Crippen molar-refractivity contribution in [1.82, 2.24) is 0 Å². The topological polar surface area (TPSA) is 26.3 Å². The molecule has 0 radical (unpaired) electrons. The zero-order chi connectivity index (χ0) is 14.4. The number of benzene rings is 2. The van der Waals surface area contributed by atoms with Crippen LogP contribution in [0.5, 0.6) is 0 Å². The van der Waals surface area contributed by atoms with Crippen LogP contribution in [-0.2, 0) is 9.53 Å². The molecular formula is C16H15BrO2S. The van der Waals surface area contributed by atoms with Crippen molar-refractivity contribution in [3.63, 3.8) is 0 Å². The third-order valence-electron chi connectivity index (χ3n) is 2.92. The molecule has 0 spiro atoms. The Morgan fingerprint density at radius 2 is 1.80 bits per heavy atom. The summed E-state index contributed by atoms with van der Waals surface area (Å²) < 4.78 is 5.96. The molecule has 20 heavy (non-hydrogen) atoms. The van der Waals surface area contributed by atoms with E-state index in [4.69, 9.17) is 4.74 Å². The van der Waals surface area contributed by atoms with E-state index < -0.39 is 0 Å². The maximum Gasteiger partial charge on any atom is 0.313 e. The molecular weight excluding hydrogens is 336 g/mol. The Balaban J connectivity index is 2.09. The average molecular weight is 351 g/mol. The predicted octanol–water partition coefficient (Wildman–Crippen LogP) is 4.50. The Hall–Kier alpha value is -1.26. The van der Waals surface area contributed by atoms with Crippen LogP contribution in [0.1, 0.15) is 11.5 Å². The lowest BCUT2D eigenvalue weighted by atomic mass is 10.0. The van der Waals surface area contributed by atoms with Crippen LogP contribution in [0.2, 0.25) is 0 Å². The molecule has 2 aromatic carbocycles. The van der Waals surface area contributed by atoms with E-state index in [0.717, 1.165) is 14.9 Å². The van der Waals surface area contributed by atoms with E-state index in [-0.39, 0.29) is 11.9 Å². The fourth-order valence-electron chi connectivity index (χ4n) is 1.84. The van der Waals surface area contributed by atoms with Crippen molar-refractivity contribution in [1.29, 1.82) is 0 Å². The van der Waals surface area contributed by atoms with E-state index >= 15 is 0 Å². The summed E-state index contributed by atoms with van der Waals surface area (Å²) in [4.78, 5) is 13.1. The zero-order valence-corrected chi connectivity index (χ0v) is 13.5. The van der Waals surface area contributed by atoms with Gasteiger partial charge in [0.05, 0.1) is 13.0 Å². The first kappa shape index (κ1) is 15.1. The normalized spacial score (nSPS) is 11.9. The van der Waals surface area contributed by atoms with E-state index in [1.165, 1.54) is 7.11 Å². The van der Waals surface area contributed by atoms with Crippen LogP contribution in [0, 0.1) is 0 Å². The summed E-state index contributed by atoms with van der Waals surface area (Å²) in [7, 11) is 1.43. The number of carbonyl (C=O) groups is 1. The van der Waals surface area contributed by atoms with E-state index in [1.54, 1.807) is 11.8 Å². The van der Waals surface area contributed by atoms with Crippen molar-refractivity contribution in [3.05, 3.63) is 64.6 Å². The molecule has 0 amide bonds. The van der Waals surface area contributed by atoms with Crippen LogP contribution < -0.4 is 0 Å². The molecule has 1 atom stereocenters. The van der Waals surface area contributed by atoms with Gasteiger partial charge in [0.15, 0.2) is 0 Å². The molecule has 0 N–H and O–H groups in total. The molecule has 0 aromatic heterocycles. The van der Waals surface area contributed by atoms with Crippen LogP contribution >= 0.6 is 27.7 Å². The van der Waals surface area contributed by atoms with Gasteiger partial charge in [-0.1, -0.05) is 46.3 Å². The second-order valence-corrected chi connectivity index (χ2v) is 6.26. The van der Waals surface area contributed by atoms with Crippen LogP contribution in [0.4, 0.5) is 0 Å². The molecule has 0 saturated heterocycles.